The predicted molar refractivity (Wildman–Crippen MR) is 107 cm³/mol. The van der Waals surface area contributed by atoms with Crippen LogP contribution >= 0.6 is 11.3 Å². The summed E-state index contributed by atoms with van der Waals surface area (Å²) < 4.78 is 6.90. The van der Waals surface area contributed by atoms with Crippen molar-refractivity contribution in [3.63, 3.8) is 0 Å². The van der Waals surface area contributed by atoms with Crippen molar-refractivity contribution >= 4 is 17.2 Å². The Balaban J connectivity index is 1.51. The number of nitrogens with zero attached hydrogens (tertiary/aromatic N) is 2. The molecule has 0 bridgehead atoms. The molecule has 1 unspecified atom stereocenters. The fraction of sp³-hybridized carbons (Fsp3) is 0.333. The van der Waals surface area contributed by atoms with Gasteiger partial charge in [0.2, 0.25) is 0 Å². The van der Waals surface area contributed by atoms with E-state index in [4.69, 9.17) is 4.74 Å². The Morgan fingerprint density at radius 2 is 2.00 bits per heavy atom. The molecule has 2 aromatic heterocycles. The molecule has 1 amide bonds. The molecule has 0 saturated heterocycles. The number of carbonyl (C=O) groups is 1. The lowest BCUT2D eigenvalue weighted by Gasteiger charge is -2.23. The molecule has 2 heterocycles. The number of rotatable bonds is 6. The van der Waals surface area contributed by atoms with E-state index in [1.165, 1.54) is 30.6 Å². The average Bonchev–Trinajstić information content (AvgIpc) is 3.48. The third kappa shape index (κ3) is 3.90. The van der Waals surface area contributed by atoms with Crippen LogP contribution in [0.2, 0.25) is 0 Å². The largest absolute Gasteiger partial charge is 0.497 e. The van der Waals surface area contributed by atoms with Gasteiger partial charge in [-0.3, -0.25) is 4.79 Å². The molecule has 0 radical (unpaired) electrons. The number of hydrogen-bond acceptors (Lipinski definition) is 4. The summed E-state index contributed by atoms with van der Waals surface area (Å²) in [7, 11) is 1.64. The second-order valence-electron chi connectivity index (χ2n) is 6.85. The molecule has 0 aliphatic heterocycles. The molecule has 27 heavy (non-hydrogen) atoms. The van der Waals surface area contributed by atoms with Crippen molar-refractivity contribution in [2.24, 2.45) is 5.92 Å². The van der Waals surface area contributed by atoms with Gasteiger partial charge in [-0.05, 0) is 60.5 Å². The molecule has 6 heteroatoms. The van der Waals surface area contributed by atoms with E-state index in [9.17, 15) is 4.79 Å². The lowest BCUT2D eigenvalue weighted by molar-refractivity contribution is 0.0917. The van der Waals surface area contributed by atoms with Crippen LogP contribution in [-0.2, 0) is 0 Å². The Kier molecular flexibility index (Phi) is 5.25. The lowest BCUT2D eigenvalue weighted by atomic mass is 9.96. The van der Waals surface area contributed by atoms with E-state index >= 15 is 0 Å². The molecule has 1 aliphatic carbocycles. The van der Waals surface area contributed by atoms with Crippen molar-refractivity contribution in [2.75, 3.05) is 7.11 Å². The number of carbonyl (C=O) groups excluding carboxylic acids is 1. The van der Waals surface area contributed by atoms with E-state index in [1.807, 2.05) is 36.5 Å². The van der Waals surface area contributed by atoms with Gasteiger partial charge in [0.15, 0.2) is 5.69 Å². The molecule has 1 saturated carbocycles. The van der Waals surface area contributed by atoms with Gasteiger partial charge in [-0.15, -0.1) is 11.3 Å². The minimum absolute atomic E-state index is 0.0751. The lowest BCUT2D eigenvalue weighted by Crippen LogP contribution is -2.32. The minimum Gasteiger partial charge on any atom is -0.497 e. The van der Waals surface area contributed by atoms with Gasteiger partial charge in [-0.1, -0.05) is 18.9 Å². The molecule has 140 valence electrons. The van der Waals surface area contributed by atoms with Crippen LogP contribution in [0.25, 0.3) is 5.69 Å². The Morgan fingerprint density at radius 1 is 1.22 bits per heavy atom. The number of aromatic nitrogens is 2. The highest BCUT2D eigenvalue weighted by Crippen LogP contribution is 2.37. The number of amides is 1. The normalized spacial score (nSPS) is 15.6. The van der Waals surface area contributed by atoms with Crippen LogP contribution in [-0.4, -0.2) is 22.8 Å². The van der Waals surface area contributed by atoms with Crippen molar-refractivity contribution in [3.8, 4) is 11.4 Å². The van der Waals surface area contributed by atoms with Gasteiger partial charge >= 0.3 is 0 Å². The van der Waals surface area contributed by atoms with Gasteiger partial charge in [0.1, 0.15) is 5.75 Å². The second-order valence-corrected chi connectivity index (χ2v) is 7.83. The van der Waals surface area contributed by atoms with Crippen molar-refractivity contribution in [3.05, 3.63) is 64.6 Å². The van der Waals surface area contributed by atoms with Gasteiger partial charge < -0.3 is 10.1 Å². The van der Waals surface area contributed by atoms with E-state index in [1.54, 1.807) is 29.2 Å². The zero-order valence-corrected chi connectivity index (χ0v) is 16.1. The number of thiophene rings is 1. The average molecular weight is 382 g/mol. The molecule has 1 N–H and O–H groups in total. The molecule has 3 aromatic rings. The molecule has 1 aromatic carbocycles. The summed E-state index contributed by atoms with van der Waals surface area (Å²) in [5.41, 5.74) is 1.32. The molecule has 1 aliphatic rings. The van der Waals surface area contributed by atoms with Crippen LogP contribution in [0.5, 0.6) is 5.75 Å². The molecule has 1 atom stereocenters. The summed E-state index contributed by atoms with van der Waals surface area (Å²) in [6.07, 6.45) is 6.64. The SMILES string of the molecule is COc1ccc(-n2ccc(C(=O)NC(c3cccs3)C3CCCC3)n2)cc1. The number of nitrogens with one attached hydrogen (secondary N) is 1. The van der Waals surface area contributed by atoms with Crippen molar-refractivity contribution in [1.29, 1.82) is 0 Å². The molecular weight excluding hydrogens is 358 g/mol. The first-order valence-corrected chi connectivity index (χ1v) is 10.2. The summed E-state index contributed by atoms with van der Waals surface area (Å²) in [6.45, 7) is 0. The van der Waals surface area contributed by atoms with Crippen molar-refractivity contribution < 1.29 is 9.53 Å². The monoisotopic (exact) mass is 381 g/mol. The van der Waals surface area contributed by atoms with Crippen LogP contribution in [0, 0.1) is 5.92 Å². The van der Waals surface area contributed by atoms with Gasteiger partial charge in [0, 0.05) is 11.1 Å². The van der Waals surface area contributed by atoms with Gasteiger partial charge in [-0.2, -0.15) is 5.10 Å². The maximum absolute atomic E-state index is 12.8. The maximum atomic E-state index is 12.8. The standard InChI is InChI=1S/C21H23N3O2S/c1-26-17-10-8-16(9-11-17)24-13-12-18(23-24)21(25)22-20(15-5-2-3-6-15)19-7-4-14-27-19/h4,7-15,20H,2-3,5-6H2,1H3,(H,22,25). The Morgan fingerprint density at radius 3 is 2.67 bits per heavy atom. The molecule has 0 spiro atoms. The van der Waals surface area contributed by atoms with E-state index in [-0.39, 0.29) is 11.9 Å². The van der Waals surface area contributed by atoms with Crippen LogP contribution in [0.1, 0.15) is 47.1 Å². The maximum Gasteiger partial charge on any atom is 0.272 e. The van der Waals surface area contributed by atoms with Gasteiger partial charge in [-0.25, -0.2) is 4.68 Å². The van der Waals surface area contributed by atoms with Crippen LogP contribution in [0.3, 0.4) is 0 Å². The van der Waals surface area contributed by atoms with E-state index in [0.29, 0.717) is 11.6 Å². The predicted octanol–water partition coefficient (Wildman–Crippen LogP) is 4.60. The molecule has 1 fully saturated rings. The summed E-state index contributed by atoms with van der Waals surface area (Å²) >= 11 is 1.71. The number of methoxy groups -OCH3 is 1. The Hall–Kier alpha value is -2.60. The number of benzene rings is 1. The first-order chi connectivity index (χ1) is 13.2. The fourth-order valence-electron chi connectivity index (χ4n) is 3.72. The highest BCUT2D eigenvalue weighted by Gasteiger charge is 2.29. The second kappa shape index (κ2) is 7.96. The molecular formula is C21H23N3O2S. The smallest absolute Gasteiger partial charge is 0.272 e. The van der Waals surface area contributed by atoms with Crippen molar-refractivity contribution in [1.82, 2.24) is 15.1 Å². The Labute approximate surface area is 163 Å². The van der Waals surface area contributed by atoms with E-state index < -0.39 is 0 Å². The zero-order chi connectivity index (χ0) is 18.6. The van der Waals surface area contributed by atoms with Crippen LogP contribution in [0.15, 0.2) is 54.0 Å². The third-order valence-corrected chi connectivity index (χ3v) is 6.12. The summed E-state index contributed by atoms with van der Waals surface area (Å²) in [4.78, 5) is 14.1. The van der Waals surface area contributed by atoms with E-state index in [0.717, 1.165) is 11.4 Å². The van der Waals surface area contributed by atoms with Gasteiger partial charge in [0.05, 0.1) is 18.8 Å². The zero-order valence-electron chi connectivity index (χ0n) is 15.3. The van der Waals surface area contributed by atoms with Crippen molar-refractivity contribution in [2.45, 2.75) is 31.7 Å². The molecule has 4 rings (SSSR count). The summed E-state index contributed by atoms with van der Waals surface area (Å²) in [6, 6.07) is 13.6. The topological polar surface area (TPSA) is 56.1 Å². The van der Waals surface area contributed by atoms with E-state index in [2.05, 4.69) is 21.9 Å². The molecule has 5 nitrogen and oxygen atoms in total. The fourth-order valence-corrected chi connectivity index (χ4v) is 4.59. The third-order valence-electron chi connectivity index (χ3n) is 5.17. The highest BCUT2D eigenvalue weighted by atomic mass is 32.1. The first-order valence-electron chi connectivity index (χ1n) is 9.29. The van der Waals surface area contributed by atoms with Crippen LogP contribution in [0.4, 0.5) is 0 Å². The summed E-state index contributed by atoms with van der Waals surface area (Å²) in [5.74, 6) is 1.18. The number of hydrogen-bond donors (Lipinski definition) is 1. The first kappa shape index (κ1) is 17.8. The van der Waals surface area contributed by atoms with Gasteiger partial charge in [0.25, 0.3) is 5.91 Å². The summed E-state index contributed by atoms with van der Waals surface area (Å²) in [5, 5.41) is 9.77. The Bertz CT molecular complexity index is 881. The quantitative estimate of drug-likeness (QED) is 0.679. The van der Waals surface area contributed by atoms with Crippen LogP contribution < -0.4 is 10.1 Å². The minimum atomic E-state index is -0.118. The number of ether oxygens (including phenoxy) is 1. The highest BCUT2D eigenvalue weighted by molar-refractivity contribution is 7.10.